The van der Waals surface area contributed by atoms with Gasteiger partial charge in [-0.15, -0.1) is 0 Å². The second-order valence-electron chi connectivity index (χ2n) is 5.61. The maximum absolute atomic E-state index is 13.6. The lowest BCUT2D eigenvalue weighted by Crippen LogP contribution is -2.19. The molecule has 3 unspecified atom stereocenters. The van der Waals surface area contributed by atoms with Gasteiger partial charge in [-0.1, -0.05) is 12.2 Å². The molecule has 2 bridgehead atoms. The third kappa shape index (κ3) is 2.53. The molecule has 0 aliphatic heterocycles. The van der Waals surface area contributed by atoms with E-state index in [0.29, 0.717) is 24.3 Å². The van der Waals surface area contributed by atoms with E-state index in [-0.39, 0.29) is 5.69 Å². The number of hydrogen-bond donors (Lipinski definition) is 1. The first-order valence-electron chi connectivity index (χ1n) is 6.72. The summed E-state index contributed by atoms with van der Waals surface area (Å²) in [5.41, 5.74) is -0.888. The van der Waals surface area contributed by atoms with E-state index in [0.717, 1.165) is 31.0 Å². The number of alkyl halides is 3. The van der Waals surface area contributed by atoms with E-state index < -0.39 is 17.6 Å². The van der Waals surface area contributed by atoms with Gasteiger partial charge >= 0.3 is 6.18 Å². The van der Waals surface area contributed by atoms with Crippen molar-refractivity contribution in [1.29, 1.82) is 0 Å². The molecule has 1 N–H and O–H groups in total. The van der Waals surface area contributed by atoms with Gasteiger partial charge in [-0.25, -0.2) is 4.39 Å². The van der Waals surface area contributed by atoms with Gasteiger partial charge in [0.05, 0.1) is 11.3 Å². The van der Waals surface area contributed by atoms with Crippen molar-refractivity contribution in [1.82, 2.24) is 0 Å². The van der Waals surface area contributed by atoms with Gasteiger partial charge in [-0.05, 0) is 48.8 Å². The SMILES string of the molecule is Fc1ccc(C(F)(F)F)cc1NCC1CC2C=CC1C2. The van der Waals surface area contributed by atoms with Crippen molar-refractivity contribution in [3.63, 3.8) is 0 Å². The summed E-state index contributed by atoms with van der Waals surface area (Å²) < 4.78 is 51.4. The fourth-order valence-electron chi connectivity index (χ4n) is 3.21. The number of hydrogen-bond acceptors (Lipinski definition) is 1. The summed E-state index contributed by atoms with van der Waals surface area (Å²) >= 11 is 0. The number of benzene rings is 1. The van der Waals surface area contributed by atoms with E-state index in [1.807, 2.05) is 0 Å². The topological polar surface area (TPSA) is 12.0 Å². The van der Waals surface area contributed by atoms with Gasteiger partial charge in [0, 0.05) is 6.54 Å². The van der Waals surface area contributed by atoms with Gasteiger partial charge in [0.25, 0.3) is 0 Å². The number of fused-ring (bicyclic) bond motifs is 2. The zero-order valence-electron chi connectivity index (χ0n) is 10.8. The Labute approximate surface area is 114 Å². The Hall–Kier alpha value is -1.52. The molecule has 0 spiro atoms. The van der Waals surface area contributed by atoms with Crippen LogP contribution in [0, 0.1) is 23.6 Å². The van der Waals surface area contributed by atoms with Crippen LogP contribution in [0.2, 0.25) is 0 Å². The minimum atomic E-state index is -4.45. The Bertz CT molecular complexity index is 535. The Kier molecular flexibility index (Phi) is 3.22. The molecule has 1 aromatic rings. The minimum Gasteiger partial charge on any atom is -0.382 e. The zero-order chi connectivity index (χ0) is 14.3. The van der Waals surface area contributed by atoms with Gasteiger partial charge in [0.15, 0.2) is 0 Å². The average molecular weight is 285 g/mol. The number of halogens is 4. The largest absolute Gasteiger partial charge is 0.416 e. The van der Waals surface area contributed by atoms with Crippen molar-refractivity contribution >= 4 is 5.69 Å². The molecule has 2 aliphatic carbocycles. The van der Waals surface area contributed by atoms with E-state index >= 15 is 0 Å². The van der Waals surface area contributed by atoms with E-state index in [2.05, 4.69) is 17.5 Å². The summed E-state index contributed by atoms with van der Waals surface area (Å²) in [7, 11) is 0. The molecule has 0 aromatic heterocycles. The van der Waals surface area contributed by atoms with Crippen molar-refractivity contribution in [2.75, 3.05) is 11.9 Å². The second-order valence-corrected chi connectivity index (χ2v) is 5.61. The Morgan fingerprint density at radius 1 is 1.15 bits per heavy atom. The Morgan fingerprint density at radius 2 is 1.95 bits per heavy atom. The molecule has 0 radical (unpaired) electrons. The number of allylic oxidation sites excluding steroid dienone is 2. The summed E-state index contributed by atoms with van der Waals surface area (Å²) in [5, 5.41) is 2.84. The maximum atomic E-state index is 13.6. The number of anilines is 1. The standard InChI is InChI=1S/C15H15F4N/c16-13-4-3-12(15(17,18)19)7-14(13)20-8-11-6-9-1-2-10(11)5-9/h1-4,7,9-11,20H,5-6,8H2. The van der Waals surface area contributed by atoms with Crippen molar-refractivity contribution in [3.05, 3.63) is 41.7 Å². The molecular weight excluding hydrogens is 270 g/mol. The maximum Gasteiger partial charge on any atom is 0.416 e. The van der Waals surface area contributed by atoms with Gasteiger partial charge in [0.1, 0.15) is 5.82 Å². The Morgan fingerprint density at radius 3 is 2.55 bits per heavy atom. The first-order chi connectivity index (χ1) is 9.43. The molecule has 0 heterocycles. The fraction of sp³-hybridized carbons (Fsp3) is 0.467. The molecule has 3 atom stereocenters. The first-order valence-corrected chi connectivity index (χ1v) is 6.72. The van der Waals surface area contributed by atoms with Crippen LogP contribution in [0.25, 0.3) is 0 Å². The highest BCUT2D eigenvalue weighted by Crippen LogP contribution is 2.43. The van der Waals surface area contributed by atoms with Crippen LogP contribution < -0.4 is 5.32 Å². The van der Waals surface area contributed by atoms with Crippen molar-refractivity contribution in [2.45, 2.75) is 19.0 Å². The molecular formula is C15H15F4N. The second kappa shape index (κ2) is 4.79. The van der Waals surface area contributed by atoms with Crippen molar-refractivity contribution in [3.8, 4) is 0 Å². The molecule has 20 heavy (non-hydrogen) atoms. The highest BCUT2D eigenvalue weighted by molar-refractivity contribution is 5.48. The molecule has 1 saturated carbocycles. The van der Waals surface area contributed by atoms with Crippen LogP contribution in [0.3, 0.4) is 0 Å². The zero-order valence-corrected chi connectivity index (χ0v) is 10.8. The predicted molar refractivity (Wildman–Crippen MR) is 68.7 cm³/mol. The van der Waals surface area contributed by atoms with Crippen LogP contribution in [-0.4, -0.2) is 6.54 Å². The monoisotopic (exact) mass is 285 g/mol. The van der Waals surface area contributed by atoms with Crippen LogP contribution in [0.15, 0.2) is 30.4 Å². The van der Waals surface area contributed by atoms with Crippen LogP contribution >= 0.6 is 0 Å². The van der Waals surface area contributed by atoms with Gasteiger partial charge in [-0.3, -0.25) is 0 Å². The molecule has 0 amide bonds. The lowest BCUT2D eigenvalue weighted by Gasteiger charge is -2.20. The summed E-state index contributed by atoms with van der Waals surface area (Å²) in [5.74, 6) is 0.829. The van der Waals surface area contributed by atoms with E-state index in [4.69, 9.17) is 0 Å². The summed E-state index contributed by atoms with van der Waals surface area (Å²) in [6, 6.07) is 2.48. The quantitative estimate of drug-likeness (QED) is 0.638. The minimum absolute atomic E-state index is 0.0634. The van der Waals surface area contributed by atoms with E-state index in [1.165, 1.54) is 0 Å². The number of nitrogens with one attached hydrogen (secondary N) is 1. The molecule has 0 saturated heterocycles. The highest BCUT2D eigenvalue weighted by Gasteiger charge is 2.35. The Balaban J connectivity index is 1.69. The van der Waals surface area contributed by atoms with E-state index in [1.54, 1.807) is 0 Å². The highest BCUT2D eigenvalue weighted by atomic mass is 19.4. The fourth-order valence-corrected chi connectivity index (χ4v) is 3.21. The lowest BCUT2D eigenvalue weighted by molar-refractivity contribution is -0.137. The molecule has 5 heteroatoms. The molecule has 1 fully saturated rings. The van der Waals surface area contributed by atoms with Crippen LogP contribution in [0.1, 0.15) is 18.4 Å². The van der Waals surface area contributed by atoms with Crippen LogP contribution in [0.5, 0.6) is 0 Å². The lowest BCUT2D eigenvalue weighted by atomic mass is 9.93. The van der Waals surface area contributed by atoms with Gasteiger partial charge in [-0.2, -0.15) is 13.2 Å². The molecule has 1 aromatic carbocycles. The molecule has 3 rings (SSSR count). The summed E-state index contributed by atoms with van der Waals surface area (Å²) in [4.78, 5) is 0. The molecule has 1 nitrogen and oxygen atoms in total. The van der Waals surface area contributed by atoms with Gasteiger partial charge < -0.3 is 5.32 Å². The van der Waals surface area contributed by atoms with Crippen molar-refractivity contribution in [2.24, 2.45) is 17.8 Å². The predicted octanol–water partition coefficient (Wildman–Crippen LogP) is 4.47. The third-order valence-corrected chi connectivity index (χ3v) is 4.26. The van der Waals surface area contributed by atoms with E-state index in [9.17, 15) is 17.6 Å². The molecule has 108 valence electrons. The number of rotatable bonds is 3. The molecule has 2 aliphatic rings. The summed E-state index contributed by atoms with van der Waals surface area (Å²) in [6.45, 7) is 0.518. The van der Waals surface area contributed by atoms with Crippen LogP contribution in [0.4, 0.5) is 23.2 Å². The van der Waals surface area contributed by atoms with Crippen molar-refractivity contribution < 1.29 is 17.6 Å². The first kappa shape index (κ1) is 13.5. The van der Waals surface area contributed by atoms with Gasteiger partial charge in [0.2, 0.25) is 0 Å². The van der Waals surface area contributed by atoms with Crippen LogP contribution in [-0.2, 0) is 6.18 Å². The normalized spacial score (nSPS) is 28.1. The average Bonchev–Trinajstić information content (AvgIpc) is 2.98. The third-order valence-electron chi connectivity index (χ3n) is 4.26. The smallest absolute Gasteiger partial charge is 0.382 e. The summed E-state index contributed by atoms with van der Waals surface area (Å²) in [6.07, 6.45) is 2.08.